The molecule has 5 heteroatoms. The molecule has 0 aromatic heterocycles. The number of hydrogen-bond donors (Lipinski definition) is 2. The van der Waals surface area contributed by atoms with Crippen molar-refractivity contribution in [2.45, 2.75) is 13.8 Å². The van der Waals surface area contributed by atoms with Crippen LogP contribution < -0.4 is 10.7 Å². The number of thiocarbonyl (C=S) groups is 1. The zero-order valence-corrected chi connectivity index (χ0v) is 11.8. The number of benzene rings is 1. The Hall–Kier alpha value is -1.46. The van der Waals surface area contributed by atoms with E-state index in [1.165, 1.54) is 5.56 Å². The minimum atomic E-state index is 0.500. The van der Waals surface area contributed by atoms with Crippen LogP contribution in [0.1, 0.15) is 18.1 Å². The predicted molar refractivity (Wildman–Crippen MR) is 79.0 cm³/mol. The van der Waals surface area contributed by atoms with Crippen LogP contribution in [0.4, 0.5) is 0 Å². The molecule has 1 rings (SSSR count). The number of nitrogens with zero attached hydrogens (tertiary/aromatic N) is 1. The summed E-state index contributed by atoms with van der Waals surface area (Å²) in [6, 6.07) is 8.10. The Morgan fingerprint density at radius 2 is 2.11 bits per heavy atom. The molecule has 0 saturated heterocycles. The highest BCUT2D eigenvalue weighted by Gasteiger charge is 2.00. The molecular formula is C13H19N3OS. The van der Waals surface area contributed by atoms with Gasteiger partial charge in [-0.1, -0.05) is 24.3 Å². The van der Waals surface area contributed by atoms with Crippen molar-refractivity contribution in [2.75, 3.05) is 20.3 Å². The minimum absolute atomic E-state index is 0.500. The Morgan fingerprint density at radius 1 is 1.39 bits per heavy atom. The molecule has 98 valence electrons. The lowest BCUT2D eigenvalue weighted by Crippen LogP contribution is -2.34. The van der Waals surface area contributed by atoms with E-state index in [2.05, 4.69) is 28.8 Å². The first-order valence-corrected chi connectivity index (χ1v) is 6.19. The molecule has 1 aromatic carbocycles. The van der Waals surface area contributed by atoms with Gasteiger partial charge in [-0.15, -0.1) is 0 Å². The third kappa shape index (κ3) is 4.81. The van der Waals surface area contributed by atoms with Crippen LogP contribution in [-0.2, 0) is 4.74 Å². The summed E-state index contributed by atoms with van der Waals surface area (Å²) in [6.07, 6.45) is 0. The van der Waals surface area contributed by atoms with Gasteiger partial charge in [-0.3, -0.25) is 5.43 Å². The Morgan fingerprint density at radius 3 is 2.78 bits per heavy atom. The molecule has 0 radical (unpaired) electrons. The topological polar surface area (TPSA) is 45.6 Å². The van der Waals surface area contributed by atoms with E-state index in [4.69, 9.17) is 17.0 Å². The van der Waals surface area contributed by atoms with Gasteiger partial charge in [-0.25, -0.2) is 0 Å². The fraction of sp³-hybridized carbons (Fsp3) is 0.385. The van der Waals surface area contributed by atoms with Gasteiger partial charge in [0.15, 0.2) is 5.11 Å². The van der Waals surface area contributed by atoms with E-state index in [0.717, 1.165) is 11.3 Å². The third-order valence-electron chi connectivity index (χ3n) is 2.45. The normalized spacial score (nSPS) is 11.2. The first kappa shape index (κ1) is 14.6. The van der Waals surface area contributed by atoms with E-state index in [9.17, 15) is 0 Å². The van der Waals surface area contributed by atoms with Crippen LogP contribution in [0.5, 0.6) is 0 Å². The van der Waals surface area contributed by atoms with Crippen molar-refractivity contribution in [3.05, 3.63) is 35.4 Å². The molecule has 18 heavy (non-hydrogen) atoms. The van der Waals surface area contributed by atoms with Gasteiger partial charge in [0.25, 0.3) is 0 Å². The molecular weight excluding hydrogens is 246 g/mol. The summed E-state index contributed by atoms with van der Waals surface area (Å²) in [7, 11) is 1.65. The second kappa shape index (κ2) is 7.79. The maximum absolute atomic E-state index is 5.08. The summed E-state index contributed by atoms with van der Waals surface area (Å²) in [5, 5.41) is 7.75. The van der Waals surface area contributed by atoms with Crippen molar-refractivity contribution < 1.29 is 4.74 Å². The van der Waals surface area contributed by atoms with Crippen LogP contribution in [0.25, 0.3) is 0 Å². The Labute approximate surface area is 113 Å². The molecule has 0 aliphatic heterocycles. The molecule has 1 aromatic rings. The van der Waals surface area contributed by atoms with Crippen LogP contribution in [0.3, 0.4) is 0 Å². The molecule has 0 bridgehead atoms. The predicted octanol–water partition coefficient (Wildman–Crippen LogP) is 1.83. The van der Waals surface area contributed by atoms with E-state index in [1.807, 2.05) is 25.1 Å². The van der Waals surface area contributed by atoms with Crippen molar-refractivity contribution >= 4 is 23.0 Å². The fourth-order valence-electron chi connectivity index (χ4n) is 1.48. The van der Waals surface area contributed by atoms with Crippen molar-refractivity contribution in [3.63, 3.8) is 0 Å². The van der Waals surface area contributed by atoms with E-state index < -0.39 is 0 Å². The molecule has 0 aliphatic rings. The summed E-state index contributed by atoms with van der Waals surface area (Å²) in [5.74, 6) is 0. The smallest absolute Gasteiger partial charge is 0.187 e. The first-order chi connectivity index (χ1) is 8.65. The highest BCUT2D eigenvalue weighted by atomic mass is 32.1. The molecule has 0 spiro atoms. The van der Waals surface area contributed by atoms with Crippen molar-refractivity contribution in [1.82, 2.24) is 10.7 Å². The lowest BCUT2D eigenvalue weighted by atomic mass is 10.1. The molecule has 0 heterocycles. The lowest BCUT2D eigenvalue weighted by Gasteiger charge is -2.08. The zero-order chi connectivity index (χ0) is 13.4. The second-order valence-electron chi connectivity index (χ2n) is 3.87. The number of nitrogens with one attached hydrogen (secondary N) is 2. The summed E-state index contributed by atoms with van der Waals surface area (Å²) in [4.78, 5) is 0. The average Bonchev–Trinajstić information content (AvgIpc) is 2.37. The van der Waals surface area contributed by atoms with E-state index in [1.54, 1.807) is 7.11 Å². The third-order valence-corrected chi connectivity index (χ3v) is 2.69. The maximum Gasteiger partial charge on any atom is 0.187 e. The van der Waals surface area contributed by atoms with Crippen molar-refractivity contribution in [2.24, 2.45) is 5.10 Å². The summed E-state index contributed by atoms with van der Waals surface area (Å²) < 4.78 is 4.92. The van der Waals surface area contributed by atoms with Crippen molar-refractivity contribution in [3.8, 4) is 0 Å². The average molecular weight is 265 g/mol. The highest BCUT2D eigenvalue weighted by Crippen LogP contribution is 2.07. The number of methoxy groups -OCH3 is 1. The van der Waals surface area contributed by atoms with E-state index in [-0.39, 0.29) is 0 Å². The van der Waals surface area contributed by atoms with Gasteiger partial charge in [-0.2, -0.15) is 5.10 Å². The van der Waals surface area contributed by atoms with Gasteiger partial charge >= 0.3 is 0 Å². The van der Waals surface area contributed by atoms with Gasteiger partial charge in [0.1, 0.15) is 0 Å². The van der Waals surface area contributed by atoms with E-state index in [0.29, 0.717) is 18.3 Å². The van der Waals surface area contributed by atoms with Crippen LogP contribution >= 0.6 is 12.2 Å². The van der Waals surface area contributed by atoms with Crippen molar-refractivity contribution in [1.29, 1.82) is 0 Å². The lowest BCUT2D eigenvalue weighted by molar-refractivity contribution is 0.204. The van der Waals surface area contributed by atoms with Gasteiger partial charge in [0.05, 0.1) is 12.3 Å². The Kier molecular flexibility index (Phi) is 6.32. The molecule has 0 atom stereocenters. The molecule has 0 unspecified atom stereocenters. The molecule has 2 N–H and O–H groups in total. The largest absolute Gasteiger partial charge is 0.383 e. The quantitative estimate of drug-likeness (QED) is 0.369. The summed E-state index contributed by atoms with van der Waals surface area (Å²) in [6.45, 7) is 5.29. The maximum atomic E-state index is 5.08. The number of hydrazone groups is 1. The van der Waals surface area contributed by atoms with Crippen LogP contribution in [0.2, 0.25) is 0 Å². The van der Waals surface area contributed by atoms with Crippen LogP contribution in [0.15, 0.2) is 29.4 Å². The number of aryl methyl sites for hydroxylation is 1. The molecule has 0 aliphatic carbocycles. The Bertz CT molecular complexity index is 432. The molecule has 4 nitrogen and oxygen atoms in total. The SMILES string of the molecule is COCCNC(=S)N/N=C(/C)c1ccccc1C. The Balaban J connectivity index is 2.52. The standard InChI is InChI=1S/C13H19N3OS/c1-10-6-4-5-7-12(10)11(2)15-16-13(18)14-8-9-17-3/h4-7H,8-9H2,1-3H3,(H2,14,16,18)/b15-11-. The summed E-state index contributed by atoms with van der Waals surface area (Å²) >= 11 is 5.08. The number of hydrogen-bond acceptors (Lipinski definition) is 3. The van der Waals surface area contributed by atoms with E-state index >= 15 is 0 Å². The monoisotopic (exact) mass is 265 g/mol. The fourth-order valence-corrected chi connectivity index (χ4v) is 1.63. The molecule has 0 saturated carbocycles. The number of ether oxygens (including phenoxy) is 1. The first-order valence-electron chi connectivity index (χ1n) is 5.78. The number of rotatable bonds is 5. The highest BCUT2D eigenvalue weighted by molar-refractivity contribution is 7.80. The van der Waals surface area contributed by atoms with Gasteiger partial charge in [0, 0.05) is 19.2 Å². The second-order valence-corrected chi connectivity index (χ2v) is 4.28. The van der Waals surface area contributed by atoms with Gasteiger partial charge < -0.3 is 10.1 Å². The molecule has 0 amide bonds. The molecule has 0 fully saturated rings. The van der Waals surface area contributed by atoms with Gasteiger partial charge in [-0.05, 0) is 31.6 Å². The summed E-state index contributed by atoms with van der Waals surface area (Å²) in [5.41, 5.74) is 6.04. The minimum Gasteiger partial charge on any atom is -0.383 e. The van der Waals surface area contributed by atoms with Crippen LogP contribution in [-0.4, -0.2) is 31.1 Å². The zero-order valence-electron chi connectivity index (χ0n) is 11.0. The van der Waals surface area contributed by atoms with Gasteiger partial charge in [0.2, 0.25) is 0 Å². The van der Waals surface area contributed by atoms with Crippen LogP contribution in [0, 0.1) is 6.92 Å².